The third-order valence-electron chi connectivity index (χ3n) is 2.70. The molecule has 2 unspecified atom stereocenters. The van der Waals surface area contributed by atoms with Gasteiger partial charge in [-0.25, -0.2) is 0 Å². The summed E-state index contributed by atoms with van der Waals surface area (Å²) in [5, 5.41) is 8.19. The molecule has 1 aliphatic rings. The Morgan fingerprint density at radius 3 is 2.25 bits per heavy atom. The summed E-state index contributed by atoms with van der Waals surface area (Å²) in [7, 11) is -1.69. The molecule has 0 aromatic carbocycles. The van der Waals surface area contributed by atoms with Crippen molar-refractivity contribution in [3.05, 3.63) is 0 Å². The summed E-state index contributed by atoms with van der Waals surface area (Å²) in [6.07, 6.45) is -1.83. The Kier molecular flexibility index (Phi) is 4.35. The minimum Gasteiger partial charge on any atom is -0.481 e. The molecule has 94 valence electrons. The zero-order chi connectivity index (χ0) is 12.3. The average molecular weight is 258 g/mol. The van der Waals surface area contributed by atoms with Crippen LogP contribution in [0.15, 0.2) is 0 Å². The van der Waals surface area contributed by atoms with Crippen LogP contribution >= 0.6 is 0 Å². The van der Waals surface area contributed by atoms with Gasteiger partial charge in [-0.2, -0.15) is 13.2 Å². The van der Waals surface area contributed by atoms with Gasteiger partial charge in [-0.3, -0.25) is 9.00 Å². The highest BCUT2D eigenvalue weighted by Crippen LogP contribution is 2.30. The van der Waals surface area contributed by atoms with Gasteiger partial charge in [0, 0.05) is 21.8 Å². The normalized spacial score (nSPS) is 21.9. The van der Waals surface area contributed by atoms with E-state index in [-0.39, 0.29) is 5.25 Å². The Bertz CT molecular complexity index is 284. The van der Waals surface area contributed by atoms with Crippen LogP contribution in [0.4, 0.5) is 13.2 Å². The number of hydrogen-bond acceptors (Lipinski definition) is 2. The summed E-state index contributed by atoms with van der Waals surface area (Å²) in [6.45, 7) is 0. The van der Waals surface area contributed by atoms with Gasteiger partial charge in [-0.1, -0.05) is 12.8 Å². The highest BCUT2D eigenvalue weighted by molar-refractivity contribution is 7.85. The lowest BCUT2D eigenvalue weighted by Crippen LogP contribution is -2.36. The maximum Gasteiger partial charge on any atom is 0.403 e. The molecule has 7 heteroatoms. The van der Waals surface area contributed by atoms with Gasteiger partial charge in [-0.05, 0) is 12.8 Å². The molecule has 0 heterocycles. The van der Waals surface area contributed by atoms with Gasteiger partial charge in [0.25, 0.3) is 0 Å². The molecule has 1 aliphatic carbocycles. The first kappa shape index (κ1) is 13.5. The lowest BCUT2D eigenvalue weighted by atomic mass is 10.2. The molecular weight excluding hydrogens is 245 g/mol. The van der Waals surface area contributed by atoms with Crippen molar-refractivity contribution in [2.75, 3.05) is 5.75 Å². The van der Waals surface area contributed by atoms with Crippen molar-refractivity contribution < 1.29 is 27.3 Å². The Hall–Kier alpha value is -0.590. The zero-order valence-corrected chi connectivity index (χ0v) is 9.31. The fourth-order valence-corrected chi connectivity index (χ4v) is 3.55. The summed E-state index contributed by atoms with van der Waals surface area (Å²) in [5.74, 6) is -5.27. The maximum absolute atomic E-state index is 12.3. The summed E-state index contributed by atoms with van der Waals surface area (Å²) in [5.41, 5.74) is 0. The van der Waals surface area contributed by atoms with Crippen LogP contribution in [-0.4, -0.2) is 32.5 Å². The van der Waals surface area contributed by atoms with E-state index in [0.717, 1.165) is 12.8 Å². The van der Waals surface area contributed by atoms with E-state index >= 15 is 0 Å². The van der Waals surface area contributed by atoms with Crippen molar-refractivity contribution in [2.45, 2.75) is 37.1 Å². The maximum atomic E-state index is 12.3. The van der Waals surface area contributed by atoms with Crippen LogP contribution in [0.25, 0.3) is 0 Å². The van der Waals surface area contributed by atoms with E-state index in [2.05, 4.69) is 0 Å². The topological polar surface area (TPSA) is 54.4 Å². The van der Waals surface area contributed by atoms with E-state index in [9.17, 15) is 22.2 Å². The monoisotopic (exact) mass is 258 g/mol. The molecule has 3 nitrogen and oxygen atoms in total. The number of aliphatic carboxylic acids is 1. The first-order chi connectivity index (χ1) is 7.32. The number of carbonyl (C=O) groups is 1. The van der Waals surface area contributed by atoms with Crippen LogP contribution in [0.5, 0.6) is 0 Å². The minimum absolute atomic E-state index is 0.260. The predicted octanol–water partition coefficient (Wildman–Crippen LogP) is 1.94. The van der Waals surface area contributed by atoms with Crippen molar-refractivity contribution in [1.29, 1.82) is 0 Å². The number of hydrogen-bond donors (Lipinski definition) is 1. The third kappa shape index (κ3) is 3.47. The second kappa shape index (κ2) is 5.16. The van der Waals surface area contributed by atoms with Crippen molar-refractivity contribution in [1.82, 2.24) is 0 Å². The van der Waals surface area contributed by atoms with Gasteiger partial charge in [0.1, 0.15) is 0 Å². The standard InChI is InChI=1S/C9H13F3O3S/c10-9(11,12)7(8(13)14)5-16(15)6-3-1-2-4-6/h6-7H,1-5H2,(H,13,14). The molecule has 0 radical (unpaired) electrons. The van der Waals surface area contributed by atoms with E-state index in [1.54, 1.807) is 0 Å². The number of carboxylic acids is 1. The lowest BCUT2D eigenvalue weighted by Gasteiger charge is -2.17. The van der Waals surface area contributed by atoms with Gasteiger partial charge in [0.05, 0.1) is 0 Å². The van der Waals surface area contributed by atoms with Crippen molar-refractivity contribution in [2.24, 2.45) is 5.92 Å². The Morgan fingerprint density at radius 2 is 1.88 bits per heavy atom. The molecule has 1 rings (SSSR count). The smallest absolute Gasteiger partial charge is 0.403 e. The fourth-order valence-electron chi connectivity index (χ4n) is 1.76. The first-order valence-electron chi connectivity index (χ1n) is 4.99. The molecule has 1 fully saturated rings. The van der Waals surface area contributed by atoms with Crippen LogP contribution in [0.1, 0.15) is 25.7 Å². The summed E-state index contributed by atoms with van der Waals surface area (Å²) in [4.78, 5) is 10.4. The lowest BCUT2D eigenvalue weighted by molar-refractivity contribution is -0.188. The van der Waals surface area contributed by atoms with E-state index in [4.69, 9.17) is 5.11 Å². The molecule has 1 N–H and O–H groups in total. The largest absolute Gasteiger partial charge is 0.481 e. The molecule has 0 spiro atoms. The zero-order valence-electron chi connectivity index (χ0n) is 8.50. The van der Waals surface area contributed by atoms with E-state index < -0.39 is 34.6 Å². The predicted molar refractivity (Wildman–Crippen MR) is 52.4 cm³/mol. The molecule has 0 bridgehead atoms. The Morgan fingerprint density at radius 1 is 1.38 bits per heavy atom. The quantitative estimate of drug-likeness (QED) is 0.838. The van der Waals surface area contributed by atoms with Crippen molar-refractivity contribution in [3.8, 4) is 0 Å². The van der Waals surface area contributed by atoms with Crippen LogP contribution in [0.2, 0.25) is 0 Å². The van der Waals surface area contributed by atoms with Gasteiger partial charge in [0.2, 0.25) is 0 Å². The summed E-state index contributed by atoms with van der Waals surface area (Å²) >= 11 is 0. The molecule has 0 aliphatic heterocycles. The molecule has 0 aromatic heterocycles. The van der Waals surface area contributed by atoms with E-state index in [1.807, 2.05) is 0 Å². The molecule has 0 saturated heterocycles. The second-order valence-electron chi connectivity index (χ2n) is 3.89. The molecule has 1 saturated carbocycles. The molecule has 0 aromatic rings. The van der Waals surface area contributed by atoms with Crippen LogP contribution in [-0.2, 0) is 15.6 Å². The fraction of sp³-hybridized carbons (Fsp3) is 0.889. The number of alkyl halides is 3. The summed E-state index contributed by atoms with van der Waals surface area (Å²) < 4.78 is 48.5. The molecule has 0 amide bonds. The number of carboxylic acid groups (broad SMARTS) is 1. The molecular formula is C9H13F3O3S. The van der Waals surface area contributed by atoms with Gasteiger partial charge >= 0.3 is 12.1 Å². The van der Waals surface area contributed by atoms with Crippen LogP contribution < -0.4 is 0 Å². The van der Waals surface area contributed by atoms with E-state index in [0.29, 0.717) is 12.8 Å². The van der Waals surface area contributed by atoms with Crippen molar-refractivity contribution >= 4 is 16.8 Å². The van der Waals surface area contributed by atoms with Gasteiger partial charge in [-0.15, -0.1) is 0 Å². The van der Waals surface area contributed by atoms with E-state index in [1.165, 1.54) is 0 Å². The van der Waals surface area contributed by atoms with Crippen LogP contribution in [0.3, 0.4) is 0 Å². The molecule has 2 atom stereocenters. The molecule has 16 heavy (non-hydrogen) atoms. The summed E-state index contributed by atoms with van der Waals surface area (Å²) in [6, 6.07) is 0. The van der Waals surface area contributed by atoms with Crippen LogP contribution in [0, 0.1) is 5.92 Å². The van der Waals surface area contributed by atoms with Gasteiger partial charge < -0.3 is 5.11 Å². The SMILES string of the molecule is O=C(O)C(CS(=O)C1CCCC1)C(F)(F)F. The second-order valence-corrected chi connectivity index (χ2v) is 5.65. The highest BCUT2D eigenvalue weighted by atomic mass is 32.2. The minimum atomic E-state index is -4.82. The Labute approximate surface area is 93.5 Å². The number of halogens is 3. The first-order valence-corrected chi connectivity index (χ1v) is 6.37. The third-order valence-corrected chi connectivity index (χ3v) is 4.57. The highest BCUT2D eigenvalue weighted by Gasteiger charge is 2.46. The Balaban J connectivity index is 2.61. The average Bonchev–Trinajstić information content (AvgIpc) is 2.63. The van der Waals surface area contributed by atoms with Gasteiger partial charge in [0.15, 0.2) is 5.92 Å². The van der Waals surface area contributed by atoms with Crippen molar-refractivity contribution in [3.63, 3.8) is 0 Å². The number of rotatable bonds is 4.